The van der Waals surface area contributed by atoms with E-state index in [4.69, 9.17) is 4.74 Å². The van der Waals surface area contributed by atoms with Crippen LogP contribution >= 0.6 is 0 Å². The molecular weight excluding hydrogens is 154 g/mol. The first-order valence-electron chi connectivity index (χ1n) is 4.55. The van der Waals surface area contributed by atoms with Crippen molar-refractivity contribution in [1.82, 2.24) is 5.32 Å². The van der Waals surface area contributed by atoms with Crippen molar-refractivity contribution in [3.8, 4) is 0 Å². The Kier molecular flexibility index (Phi) is 1.65. The van der Waals surface area contributed by atoms with Gasteiger partial charge in [0.25, 0.3) is 0 Å². The van der Waals surface area contributed by atoms with Crippen LogP contribution in [0.25, 0.3) is 0 Å². The number of rotatable bonds is 0. The summed E-state index contributed by atoms with van der Waals surface area (Å²) in [6.07, 6.45) is 2.18. The number of ether oxygens (including phenoxy) is 1. The minimum absolute atomic E-state index is 0.0127. The number of fused-ring (bicyclic) bond motifs is 1. The maximum absolute atomic E-state index is 11.5. The Morgan fingerprint density at radius 3 is 3.00 bits per heavy atom. The summed E-state index contributed by atoms with van der Waals surface area (Å²) in [5, 5.41) is 2.88. The van der Waals surface area contributed by atoms with Gasteiger partial charge < -0.3 is 10.1 Å². The minimum Gasteiger partial charge on any atom is -0.358 e. The number of carbonyl (C=O) groups is 1. The van der Waals surface area contributed by atoms with E-state index in [1.807, 2.05) is 13.8 Å². The molecule has 12 heavy (non-hydrogen) atoms. The van der Waals surface area contributed by atoms with E-state index in [1.165, 1.54) is 0 Å². The monoisotopic (exact) mass is 169 g/mol. The summed E-state index contributed by atoms with van der Waals surface area (Å²) in [4.78, 5) is 11.5. The van der Waals surface area contributed by atoms with Gasteiger partial charge in [0.15, 0.2) is 0 Å². The van der Waals surface area contributed by atoms with Crippen molar-refractivity contribution in [1.29, 1.82) is 0 Å². The average Bonchev–Trinajstić information content (AvgIpc) is 2.25. The van der Waals surface area contributed by atoms with Gasteiger partial charge in [-0.05, 0) is 12.8 Å². The zero-order chi connectivity index (χ0) is 8.77. The number of nitrogens with one attached hydrogen (secondary N) is 1. The van der Waals surface area contributed by atoms with Crippen LogP contribution in [-0.4, -0.2) is 18.7 Å². The predicted octanol–water partition coefficient (Wildman–Crippen LogP) is 0.895. The van der Waals surface area contributed by atoms with E-state index >= 15 is 0 Å². The van der Waals surface area contributed by atoms with Crippen LogP contribution in [0, 0.1) is 11.3 Å². The third-order valence-electron chi connectivity index (χ3n) is 3.11. The van der Waals surface area contributed by atoms with Crippen molar-refractivity contribution < 1.29 is 9.53 Å². The molecule has 2 saturated heterocycles. The summed E-state index contributed by atoms with van der Waals surface area (Å²) < 4.78 is 5.48. The third-order valence-corrected chi connectivity index (χ3v) is 3.11. The molecule has 0 aliphatic carbocycles. The molecule has 2 heterocycles. The molecule has 0 aromatic carbocycles. The van der Waals surface area contributed by atoms with E-state index in [2.05, 4.69) is 5.32 Å². The molecule has 2 aliphatic rings. The van der Waals surface area contributed by atoms with Crippen molar-refractivity contribution in [3.05, 3.63) is 0 Å². The van der Waals surface area contributed by atoms with Gasteiger partial charge in [-0.25, -0.2) is 0 Å². The standard InChI is InChI=1S/C9H15NO2/c1-9(2)6-4-3-5-12-7(6)10-8(9)11/h6-7H,3-5H2,1-2H3,(H,10,11). The molecule has 3 nitrogen and oxygen atoms in total. The highest BCUT2D eigenvalue weighted by Crippen LogP contribution is 2.40. The van der Waals surface area contributed by atoms with Gasteiger partial charge >= 0.3 is 0 Å². The fourth-order valence-electron chi connectivity index (χ4n) is 2.15. The highest BCUT2D eigenvalue weighted by molar-refractivity contribution is 5.84. The van der Waals surface area contributed by atoms with Gasteiger partial charge in [0, 0.05) is 12.5 Å². The second kappa shape index (κ2) is 2.46. The fraction of sp³-hybridized carbons (Fsp3) is 0.889. The lowest BCUT2D eigenvalue weighted by Crippen LogP contribution is -2.35. The Morgan fingerprint density at radius 2 is 2.33 bits per heavy atom. The van der Waals surface area contributed by atoms with Crippen molar-refractivity contribution >= 4 is 5.91 Å². The van der Waals surface area contributed by atoms with Crippen LogP contribution in [0.1, 0.15) is 26.7 Å². The maximum Gasteiger partial charge on any atom is 0.228 e. The molecule has 2 rings (SSSR count). The van der Waals surface area contributed by atoms with Gasteiger partial charge in [0.2, 0.25) is 5.91 Å². The van der Waals surface area contributed by atoms with Crippen molar-refractivity contribution in [2.75, 3.05) is 6.61 Å². The van der Waals surface area contributed by atoms with Crippen molar-refractivity contribution in [2.24, 2.45) is 11.3 Å². The van der Waals surface area contributed by atoms with Crippen LogP contribution in [-0.2, 0) is 9.53 Å². The van der Waals surface area contributed by atoms with E-state index < -0.39 is 0 Å². The lowest BCUT2D eigenvalue weighted by Gasteiger charge is -2.30. The van der Waals surface area contributed by atoms with Gasteiger partial charge in [-0.15, -0.1) is 0 Å². The first kappa shape index (κ1) is 8.05. The summed E-state index contributed by atoms with van der Waals surface area (Å²) in [5.41, 5.74) is -0.231. The fourth-order valence-corrected chi connectivity index (χ4v) is 2.15. The molecule has 2 unspecified atom stereocenters. The van der Waals surface area contributed by atoms with E-state index in [-0.39, 0.29) is 17.6 Å². The van der Waals surface area contributed by atoms with Crippen LogP contribution in [0.15, 0.2) is 0 Å². The number of amides is 1. The van der Waals surface area contributed by atoms with Crippen molar-refractivity contribution in [3.63, 3.8) is 0 Å². The van der Waals surface area contributed by atoms with Crippen LogP contribution in [0.4, 0.5) is 0 Å². The van der Waals surface area contributed by atoms with E-state index in [0.717, 1.165) is 19.4 Å². The summed E-state index contributed by atoms with van der Waals surface area (Å²) in [7, 11) is 0. The van der Waals surface area contributed by atoms with E-state index in [9.17, 15) is 4.79 Å². The van der Waals surface area contributed by atoms with Crippen LogP contribution < -0.4 is 5.32 Å². The Hall–Kier alpha value is -0.570. The normalized spacial score (nSPS) is 39.0. The van der Waals surface area contributed by atoms with Crippen LogP contribution in [0.3, 0.4) is 0 Å². The van der Waals surface area contributed by atoms with E-state index in [0.29, 0.717) is 5.92 Å². The Balaban J connectivity index is 2.22. The molecule has 0 aromatic heterocycles. The molecule has 2 atom stereocenters. The molecule has 1 N–H and O–H groups in total. The van der Waals surface area contributed by atoms with Gasteiger partial charge in [-0.1, -0.05) is 13.8 Å². The van der Waals surface area contributed by atoms with Gasteiger partial charge in [0.1, 0.15) is 6.23 Å². The summed E-state index contributed by atoms with van der Waals surface area (Å²) in [5.74, 6) is 0.512. The first-order chi connectivity index (χ1) is 5.62. The zero-order valence-electron chi connectivity index (χ0n) is 7.59. The molecule has 0 spiro atoms. The quantitative estimate of drug-likeness (QED) is 0.585. The summed E-state index contributed by atoms with van der Waals surface area (Å²) in [6, 6.07) is 0. The number of carbonyl (C=O) groups excluding carboxylic acids is 1. The molecule has 0 aromatic rings. The topological polar surface area (TPSA) is 38.3 Å². The Morgan fingerprint density at radius 1 is 1.58 bits per heavy atom. The predicted molar refractivity (Wildman–Crippen MR) is 44.4 cm³/mol. The summed E-state index contributed by atoms with van der Waals surface area (Å²) in [6.45, 7) is 4.79. The Labute approximate surface area is 72.5 Å². The third kappa shape index (κ3) is 0.959. The largest absolute Gasteiger partial charge is 0.358 e. The molecular formula is C9H15NO2. The lowest BCUT2D eigenvalue weighted by molar-refractivity contribution is -0.127. The minimum atomic E-state index is -0.231. The molecule has 1 amide bonds. The van der Waals surface area contributed by atoms with Crippen LogP contribution in [0.5, 0.6) is 0 Å². The molecule has 0 bridgehead atoms. The molecule has 0 saturated carbocycles. The first-order valence-corrected chi connectivity index (χ1v) is 4.55. The second-order valence-corrected chi connectivity index (χ2v) is 4.24. The van der Waals surface area contributed by atoms with Gasteiger partial charge in [0.05, 0.1) is 5.41 Å². The second-order valence-electron chi connectivity index (χ2n) is 4.24. The number of hydrogen-bond acceptors (Lipinski definition) is 2. The molecule has 0 radical (unpaired) electrons. The Bertz CT molecular complexity index is 213. The smallest absolute Gasteiger partial charge is 0.228 e. The highest BCUT2D eigenvalue weighted by atomic mass is 16.5. The average molecular weight is 169 g/mol. The van der Waals surface area contributed by atoms with E-state index in [1.54, 1.807) is 0 Å². The number of hydrogen-bond donors (Lipinski definition) is 1. The zero-order valence-corrected chi connectivity index (χ0v) is 7.59. The summed E-state index contributed by atoms with van der Waals surface area (Å²) >= 11 is 0. The molecule has 68 valence electrons. The van der Waals surface area contributed by atoms with Crippen molar-refractivity contribution in [2.45, 2.75) is 32.9 Å². The van der Waals surface area contributed by atoms with Crippen LogP contribution in [0.2, 0.25) is 0 Å². The van der Waals surface area contributed by atoms with Gasteiger partial charge in [-0.2, -0.15) is 0 Å². The highest BCUT2D eigenvalue weighted by Gasteiger charge is 2.49. The molecule has 2 fully saturated rings. The maximum atomic E-state index is 11.5. The lowest BCUT2D eigenvalue weighted by atomic mass is 9.77. The molecule has 3 heteroatoms. The van der Waals surface area contributed by atoms with Gasteiger partial charge in [-0.3, -0.25) is 4.79 Å². The molecule has 2 aliphatic heterocycles. The SMILES string of the molecule is CC1(C)C(=O)NC2OCCCC21.